The highest BCUT2D eigenvalue weighted by Crippen LogP contribution is 2.38. The van der Waals surface area contributed by atoms with Crippen LogP contribution in [0.2, 0.25) is 0 Å². The van der Waals surface area contributed by atoms with E-state index in [2.05, 4.69) is 49.7 Å². The quantitative estimate of drug-likeness (QED) is 0.253. The molecule has 4 aliphatic rings. The molecule has 0 saturated carbocycles. The number of aromatic nitrogens is 2. The molecule has 2 aromatic carbocycles. The van der Waals surface area contributed by atoms with Crippen molar-refractivity contribution in [1.29, 1.82) is 0 Å². The Balaban J connectivity index is 1.11. The highest BCUT2D eigenvalue weighted by atomic mass is 19.1. The van der Waals surface area contributed by atoms with E-state index in [1.807, 2.05) is 18.2 Å². The van der Waals surface area contributed by atoms with Crippen molar-refractivity contribution in [3.05, 3.63) is 76.5 Å². The number of fused-ring (bicyclic) bond motifs is 1. The largest absolute Gasteiger partial charge is 0.381 e. The van der Waals surface area contributed by atoms with E-state index in [1.54, 1.807) is 0 Å². The molecule has 3 saturated heterocycles. The molecule has 1 amide bonds. The lowest BCUT2D eigenvalue weighted by Crippen LogP contribution is -2.39. The number of ether oxygens (including phenoxy) is 1. The number of carbonyl (C=O) groups excluding carboxylic acids is 1. The monoisotopic (exact) mass is 630 g/mol. The topological polar surface area (TPSA) is 85.5 Å². The van der Waals surface area contributed by atoms with Crippen molar-refractivity contribution >= 4 is 29.2 Å². The number of nitrogens with one attached hydrogen (secondary N) is 3. The number of hydrogen-bond donors (Lipinski definition) is 3. The molecule has 3 N–H and O–H groups in total. The molecule has 3 aromatic rings. The van der Waals surface area contributed by atoms with Crippen LogP contribution < -0.4 is 15.5 Å². The fourth-order valence-corrected chi connectivity index (χ4v) is 7.74. The number of rotatable bonds is 9. The molecular formula is C36H44F2N6O2. The van der Waals surface area contributed by atoms with E-state index in [4.69, 9.17) is 4.74 Å². The zero-order valence-corrected chi connectivity index (χ0v) is 26.6. The average molecular weight is 631 g/mol. The molecule has 0 spiro atoms. The number of nitrogens with zero attached hydrogens (tertiary/aromatic N) is 3. The van der Waals surface area contributed by atoms with E-state index in [0.29, 0.717) is 49.0 Å². The fraction of sp³-hybridized carbons (Fsp3) is 0.500. The average Bonchev–Trinajstić information content (AvgIpc) is 3.80. The Morgan fingerprint density at radius 1 is 1.04 bits per heavy atom. The molecule has 0 radical (unpaired) electrons. The van der Waals surface area contributed by atoms with E-state index in [-0.39, 0.29) is 11.9 Å². The third kappa shape index (κ3) is 6.83. The van der Waals surface area contributed by atoms with E-state index in [0.717, 1.165) is 54.6 Å². The Morgan fingerprint density at radius 3 is 2.61 bits per heavy atom. The van der Waals surface area contributed by atoms with Gasteiger partial charge < -0.3 is 25.2 Å². The summed E-state index contributed by atoms with van der Waals surface area (Å²) in [5.74, 6) is -0.919. The number of hydrogen-bond acceptors (Lipinski definition) is 6. The van der Waals surface area contributed by atoms with Gasteiger partial charge >= 0.3 is 0 Å². The van der Waals surface area contributed by atoms with Crippen molar-refractivity contribution in [2.75, 3.05) is 54.9 Å². The zero-order chi connectivity index (χ0) is 31.7. The van der Waals surface area contributed by atoms with Crippen molar-refractivity contribution in [1.82, 2.24) is 15.1 Å². The summed E-state index contributed by atoms with van der Waals surface area (Å²) >= 11 is 0. The fourth-order valence-electron chi connectivity index (χ4n) is 7.74. The van der Waals surface area contributed by atoms with Crippen LogP contribution in [0.5, 0.6) is 0 Å². The molecular weight excluding hydrogens is 586 g/mol. The second-order valence-electron chi connectivity index (χ2n) is 13.8. The number of halogens is 2. The van der Waals surface area contributed by atoms with Gasteiger partial charge in [0.2, 0.25) is 0 Å². The minimum atomic E-state index is -0.585. The molecule has 1 aromatic heterocycles. The molecule has 46 heavy (non-hydrogen) atoms. The molecule has 3 fully saturated rings. The summed E-state index contributed by atoms with van der Waals surface area (Å²) in [7, 11) is 0. The molecule has 8 nitrogen and oxygen atoms in total. The van der Waals surface area contributed by atoms with Gasteiger partial charge in [0.15, 0.2) is 5.82 Å². The van der Waals surface area contributed by atoms with Gasteiger partial charge in [-0.1, -0.05) is 13.0 Å². The predicted octanol–water partition coefficient (Wildman–Crippen LogP) is 6.41. The van der Waals surface area contributed by atoms with Gasteiger partial charge in [0.1, 0.15) is 11.6 Å². The summed E-state index contributed by atoms with van der Waals surface area (Å²) in [6.07, 6.45) is 11.7. The predicted molar refractivity (Wildman–Crippen MR) is 177 cm³/mol. The molecule has 2 atom stereocenters. The maximum atomic E-state index is 14.0. The number of aromatic amines is 1. The number of benzene rings is 2. The number of allylic oxidation sites excluding steroid dienone is 1. The van der Waals surface area contributed by atoms with E-state index < -0.39 is 17.0 Å². The van der Waals surface area contributed by atoms with Crippen molar-refractivity contribution in [2.24, 2.45) is 5.41 Å². The lowest BCUT2D eigenvalue weighted by Gasteiger charge is -2.31. The normalized spacial score (nSPS) is 23.5. The standard InChI is InChI=1S/C36H44F2N6O2/c1-36(21-24-17-25(37)19-26(38)18-24)11-8-32-31(22-36)34(42-41-32)40-35(45)30-7-6-28(20-33(30)39-27-9-15-46-16-10-27)44-14-4-5-29(44)23-43-12-2-3-13-43/h6-8,11,17-20,27,29,39H,2-5,9-10,12-16,21-23H2,1H3,(H2,40,41,42,45)/t29-,36?/m0/s1. The molecule has 3 aliphatic heterocycles. The Hall–Kier alpha value is -3.76. The Bertz CT molecular complexity index is 1570. The van der Waals surface area contributed by atoms with Gasteiger partial charge in [0.05, 0.1) is 11.3 Å². The lowest BCUT2D eigenvalue weighted by atomic mass is 9.75. The molecule has 10 heteroatoms. The molecule has 0 bridgehead atoms. The zero-order valence-electron chi connectivity index (χ0n) is 26.6. The second kappa shape index (κ2) is 13.2. The third-order valence-electron chi connectivity index (χ3n) is 10.1. The highest BCUT2D eigenvalue weighted by molar-refractivity contribution is 6.08. The summed E-state index contributed by atoms with van der Waals surface area (Å²) in [6.45, 7) is 7.96. The lowest BCUT2D eigenvalue weighted by molar-refractivity contribution is 0.0904. The van der Waals surface area contributed by atoms with E-state index in [1.165, 1.54) is 50.9 Å². The van der Waals surface area contributed by atoms with Crippen LogP contribution in [-0.4, -0.2) is 72.5 Å². The summed E-state index contributed by atoms with van der Waals surface area (Å²) in [5, 5.41) is 14.3. The van der Waals surface area contributed by atoms with Gasteiger partial charge in [-0.15, -0.1) is 0 Å². The van der Waals surface area contributed by atoms with Crippen LogP contribution in [0, 0.1) is 17.0 Å². The minimum Gasteiger partial charge on any atom is -0.381 e. The van der Waals surface area contributed by atoms with Crippen LogP contribution in [0.15, 0.2) is 42.5 Å². The van der Waals surface area contributed by atoms with Crippen molar-refractivity contribution < 1.29 is 18.3 Å². The van der Waals surface area contributed by atoms with Crippen LogP contribution in [0.25, 0.3) is 6.08 Å². The molecule has 1 aliphatic carbocycles. The van der Waals surface area contributed by atoms with Crippen LogP contribution in [0.4, 0.5) is 26.0 Å². The van der Waals surface area contributed by atoms with E-state index in [9.17, 15) is 13.6 Å². The maximum absolute atomic E-state index is 14.0. The number of H-pyrrole nitrogens is 1. The van der Waals surface area contributed by atoms with Gasteiger partial charge in [-0.05, 0) is 112 Å². The smallest absolute Gasteiger partial charge is 0.258 e. The van der Waals surface area contributed by atoms with Crippen molar-refractivity contribution in [3.63, 3.8) is 0 Å². The number of likely N-dealkylation sites (tertiary alicyclic amines) is 1. The van der Waals surface area contributed by atoms with Gasteiger partial charge in [-0.25, -0.2) is 8.78 Å². The van der Waals surface area contributed by atoms with Crippen molar-refractivity contribution in [2.45, 2.75) is 70.4 Å². The first-order valence-electron chi connectivity index (χ1n) is 16.8. The molecule has 244 valence electrons. The maximum Gasteiger partial charge on any atom is 0.258 e. The second-order valence-corrected chi connectivity index (χ2v) is 13.8. The number of carbonyl (C=O) groups is 1. The van der Waals surface area contributed by atoms with Crippen LogP contribution >= 0.6 is 0 Å². The first-order chi connectivity index (χ1) is 22.3. The van der Waals surface area contributed by atoms with Crippen molar-refractivity contribution in [3.8, 4) is 0 Å². The first-order valence-corrected chi connectivity index (χ1v) is 16.8. The summed E-state index contributed by atoms with van der Waals surface area (Å²) in [5.41, 5.74) is 4.45. The van der Waals surface area contributed by atoms with Crippen LogP contribution in [-0.2, 0) is 17.6 Å². The minimum absolute atomic E-state index is 0.228. The summed E-state index contributed by atoms with van der Waals surface area (Å²) < 4.78 is 33.4. The van der Waals surface area contributed by atoms with Crippen LogP contribution in [0.1, 0.15) is 72.6 Å². The van der Waals surface area contributed by atoms with Gasteiger partial charge in [0, 0.05) is 61.4 Å². The molecule has 7 rings (SSSR count). The first kappa shape index (κ1) is 30.9. The molecule has 4 heterocycles. The summed E-state index contributed by atoms with van der Waals surface area (Å²) in [4.78, 5) is 19.1. The highest BCUT2D eigenvalue weighted by Gasteiger charge is 2.32. The van der Waals surface area contributed by atoms with Gasteiger partial charge in [-0.2, -0.15) is 5.10 Å². The summed E-state index contributed by atoms with van der Waals surface area (Å²) in [6, 6.07) is 10.5. The number of amides is 1. The Labute approximate surface area is 269 Å². The van der Waals surface area contributed by atoms with E-state index >= 15 is 0 Å². The third-order valence-corrected chi connectivity index (χ3v) is 10.1. The number of anilines is 3. The SMILES string of the molecule is CC1(Cc2cc(F)cc(F)c2)C=Cc2[nH]nc(NC(=O)c3ccc(N4CCC[C@H]4CN4CCCC4)cc3NC3CCOCC3)c2C1. The molecule has 1 unspecified atom stereocenters. The van der Waals surface area contributed by atoms with Crippen LogP contribution in [0.3, 0.4) is 0 Å². The Kier molecular flexibility index (Phi) is 8.83. The van der Waals surface area contributed by atoms with Gasteiger partial charge in [-0.3, -0.25) is 9.89 Å². The van der Waals surface area contributed by atoms with Gasteiger partial charge in [0.25, 0.3) is 5.91 Å². The Morgan fingerprint density at radius 2 is 1.83 bits per heavy atom.